The molecule has 2 heterocycles. The van der Waals surface area contributed by atoms with Crippen LogP contribution in [0.2, 0.25) is 0 Å². The maximum atomic E-state index is 6.52. The Labute approximate surface area is 130 Å². The van der Waals surface area contributed by atoms with E-state index in [1.54, 1.807) is 24.6 Å². The lowest BCUT2D eigenvalue weighted by molar-refractivity contribution is 0.363. The first-order chi connectivity index (χ1) is 10.1. The van der Waals surface area contributed by atoms with Gasteiger partial charge in [-0.05, 0) is 37.5 Å². The quantitative estimate of drug-likeness (QED) is 0.851. The lowest BCUT2D eigenvalue weighted by Gasteiger charge is -2.17. The third-order valence-electron chi connectivity index (χ3n) is 3.56. The van der Waals surface area contributed by atoms with E-state index in [2.05, 4.69) is 42.5 Å². The molecule has 1 atom stereocenters. The number of aryl methyl sites for hydroxylation is 1. The van der Waals surface area contributed by atoms with Crippen LogP contribution >= 0.6 is 11.3 Å². The van der Waals surface area contributed by atoms with Crippen molar-refractivity contribution in [3.63, 3.8) is 0 Å². The van der Waals surface area contributed by atoms with Gasteiger partial charge in [-0.15, -0.1) is 11.3 Å². The van der Waals surface area contributed by atoms with E-state index in [4.69, 9.17) is 10.5 Å². The number of methoxy groups -OCH3 is 1. The van der Waals surface area contributed by atoms with Crippen molar-refractivity contribution in [3.8, 4) is 5.75 Å². The molecule has 0 bridgehead atoms. The first kappa shape index (κ1) is 16.0. The number of thiophene rings is 1. The van der Waals surface area contributed by atoms with Crippen LogP contribution in [0.3, 0.4) is 0 Å². The maximum absolute atomic E-state index is 6.52. The number of likely N-dealkylation sites (N-methyl/N-ethyl adjacent to an activating group) is 1. The van der Waals surface area contributed by atoms with Crippen LogP contribution in [-0.2, 0) is 13.0 Å². The molecule has 0 saturated heterocycles. The minimum atomic E-state index is -0.195. The van der Waals surface area contributed by atoms with Crippen LogP contribution in [0.15, 0.2) is 17.6 Å². The number of rotatable bonds is 7. The van der Waals surface area contributed by atoms with Crippen molar-refractivity contribution in [2.24, 2.45) is 5.73 Å². The molecule has 0 fully saturated rings. The first-order valence-corrected chi connectivity index (χ1v) is 8.02. The van der Waals surface area contributed by atoms with Gasteiger partial charge in [0.15, 0.2) is 5.75 Å². The molecule has 5 nitrogen and oxygen atoms in total. The molecule has 0 spiro atoms. The van der Waals surface area contributed by atoms with Gasteiger partial charge in [0.1, 0.15) is 5.69 Å². The highest BCUT2D eigenvalue weighted by atomic mass is 32.1. The van der Waals surface area contributed by atoms with E-state index >= 15 is 0 Å². The molecule has 0 radical (unpaired) electrons. The summed E-state index contributed by atoms with van der Waals surface area (Å²) in [5.41, 5.74) is 8.78. The Kier molecular flexibility index (Phi) is 5.39. The predicted molar refractivity (Wildman–Crippen MR) is 87.1 cm³/mol. The summed E-state index contributed by atoms with van der Waals surface area (Å²) in [6, 6.07) is 1.95. The highest BCUT2D eigenvalue weighted by Gasteiger charge is 2.23. The average Bonchev–Trinajstić information content (AvgIpc) is 3.10. The van der Waals surface area contributed by atoms with E-state index < -0.39 is 0 Å². The second-order valence-electron chi connectivity index (χ2n) is 5.27. The molecule has 0 aliphatic carbocycles. The summed E-state index contributed by atoms with van der Waals surface area (Å²) in [7, 11) is 5.77. The molecule has 2 N–H and O–H groups in total. The van der Waals surface area contributed by atoms with Gasteiger partial charge in [0, 0.05) is 11.4 Å². The monoisotopic (exact) mass is 308 g/mol. The van der Waals surface area contributed by atoms with Crippen LogP contribution in [0.25, 0.3) is 0 Å². The Bertz CT molecular complexity index is 576. The molecular weight excluding hydrogens is 284 g/mol. The van der Waals surface area contributed by atoms with Crippen LogP contribution < -0.4 is 10.5 Å². The fourth-order valence-electron chi connectivity index (χ4n) is 2.36. The number of hydrogen-bond donors (Lipinski definition) is 1. The lowest BCUT2D eigenvalue weighted by Crippen LogP contribution is -2.23. The predicted octanol–water partition coefficient (Wildman–Crippen LogP) is 2.13. The molecule has 2 aromatic heterocycles. The highest BCUT2D eigenvalue weighted by molar-refractivity contribution is 7.10. The second kappa shape index (κ2) is 7.06. The first-order valence-electron chi connectivity index (χ1n) is 7.14. The Morgan fingerprint density at radius 3 is 2.86 bits per heavy atom. The fourth-order valence-corrected chi connectivity index (χ4v) is 3.36. The third-order valence-corrected chi connectivity index (χ3v) is 4.60. The van der Waals surface area contributed by atoms with Gasteiger partial charge < -0.3 is 15.4 Å². The van der Waals surface area contributed by atoms with Gasteiger partial charge in [-0.2, -0.15) is 5.10 Å². The number of nitrogens with zero attached hydrogens (tertiary/aromatic N) is 3. The van der Waals surface area contributed by atoms with Gasteiger partial charge in [0.25, 0.3) is 0 Å². The average molecular weight is 308 g/mol. The summed E-state index contributed by atoms with van der Waals surface area (Å²) < 4.78 is 7.41. The Morgan fingerprint density at radius 2 is 2.24 bits per heavy atom. The molecule has 0 amide bonds. The van der Waals surface area contributed by atoms with Crippen molar-refractivity contribution in [1.29, 1.82) is 0 Å². The smallest absolute Gasteiger partial charge is 0.161 e. The summed E-state index contributed by atoms with van der Waals surface area (Å²) in [4.78, 5) is 3.33. The number of ether oxygens (including phenoxy) is 1. The molecule has 0 aliphatic heterocycles. The van der Waals surface area contributed by atoms with E-state index in [9.17, 15) is 0 Å². The van der Waals surface area contributed by atoms with Crippen molar-refractivity contribution in [3.05, 3.63) is 33.8 Å². The summed E-state index contributed by atoms with van der Waals surface area (Å²) in [6.45, 7) is 3.86. The van der Waals surface area contributed by atoms with Crippen molar-refractivity contribution in [2.75, 3.05) is 27.7 Å². The summed E-state index contributed by atoms with van der Waals surface area (Å²) in [5, 5.41) is 6.53. The van der Waals surface area contributed by atoms with E-state index in [0.29, 0.717) is 0 Å². The molecule has 0 saturated carbocycles. The molecule has 21 heavy (non-hydrogen) atoms. The van der Waals surface area contributed by atoms with Crippen molar-refractivity contribution >= 4 is 11.3 Å². The van der Waals surface area contributed by atoms with Crippen LogP contribution in [0.1, 0.15) is 29.1 Å². The Hall–Kier alpha value is -1.37. The van der Waals surface area contributed by atoms with Gasteiger partial charge in [0.05, 0.1) is 25.9 Å². The largest absolute Gasteiger partial charge is 0.493 e. The van der Waals surface area contributed by atoms with E-state index in [-0.39, 0.29) is 6.04 Å². The number of hydrogen-bond acceptors (Lipinski definition) is 5. The zero-order chi connectivity index (χ0) is 15.4. The van der Waals surface area contributed by atoms with Gasteiger partial charge >= 0.3 is 0 Å². The molecule has 1 unspecified atom stereocenters. The molecule has 2 rings (SSSR count). The van der Waals surface area contributed by atoms with Gasteiger partial charge in [-0.25, -0.2) is 0 Å². The number of nitrogens with two attached hydrogens (primary N) is 1. The molecule has 2 aromatic rings. The van der Waals surface area contributed by atoms with Gasteiger partial charge in [0.2, 0.25) is 0 Å². The highest BCUT2D eigenvalue weighted by Crippen LogP contribution is 2.33. The molecule has 116 valence electrons. The normalized spacial score (nSPS) is 12.9. The minimum absolute atomic E-state index is 0.195. The van der Waals surface area contributed by atoms with E-state index in [0.717, 1.165) is 31.0 Å². The van der Waals surface area contributed by atoms with Crippen molar-refractivity contribution in [2.45, 2.75) is 25.9 Å². The zero-order valence-corrected chi connectivity index (χ0v) is 14.0. The second-order valence-corrected chi connectivity index (χ2v) is 6.21. The Balaban J connectivity index is 2.34. The fraction of sp³-hybridized carbons (Fsp3) is 0.533. The summed E-state index contributed by atoms with van der Waals surface area (Å²) >= 11 is 1.70. The third kappa shape index (κ3) is 3.45. The standard InChI is InChI=1S/C15H24N4OS/c1-5-11-6-9-21-15(11)13(16)14-12(20-4)10-17-19(14)8-7-18(2)3/h6,9-10,13H,5,7-8,16H2,1-4H3. The van der Waals surface area contributed by atoms with E-state index in [1.807, 2.05) is 4.68 Å². The van der Waals surface area contributed by atoms with Crippen LogP contribution in [-0.4, -0.2) is 42.4 Å². The van der Waals surface area contributed by atoms with Gasteiger partial charge in [-0.1, -0.05) is 6.92 Å². The Morgan fingerprint density at radius 1 is 1.48 bits per heavy atom. The minimum Gasteiger partial charge on any atom is -0.493 e. The SMILES string of the molecule is CCc1ccsc1C(N)c1c(OC)cnn1CCN(C)C. The van der Waals surface area contributed by atoms with Crippen molar-refractivity contribution in [1.82, 2.24) is 14.7 Å². The summed E-state index contributed by atoms with van der Waals surface area (Å²) in [5.74, 6) is 0.761. The maximum Gasteiger partial charge on any atom is 0.161 e. The number of aromatic nitrogens is 2. The van der Waals surface area contributed by atoms with Crippen LogP contribution in [0.5, 0.6) is 5.75 Å². The van der Waals surface area contributed by atoms with Gasteiger partial charge in [-0.3, -0.25) is 4.68 Å². The molecule has 0 aromatic carbocycles. The van der Waals surface area contributed by atoms with Crippen LogP contribution in [0.4, 0.5) is 0 Å². The molecular formula is C15H24N4OS. The van der Waals surface area contributed by atoms with Crippen LogP contribution in [0, 0.1) is 0 Å². The lowest BCUT2D eigenvalue weighted by atomic mass is 10.1. The molecule has 0 aliphatic rings. The summed E-state index contributed by atoms with van der Waals surface area (Å²) in [6.07, 6.45) is 2.74. The zero-order valence-electron chi connectivity index (χ0n) is 13.2. The van der Waals surface area contributed by atoms with Crippen molar-refractivity contribution < 1.29 is 4.74 Å². The topological polar surface area (TPSA) is 56.3 Å². The van der Waals surface area contributed by atoms with E-state index in [1.165, 1.54) is 10.4 Å². The molecule has 6 heteroatoms.